The fraction of sp³-hybridized carbons (Fsp3) is 0.600. The maximum atomic E-state index is 11.8. The van der Waals surface area contributed by atoms with Crippen LogP contribution in [0.2, 0.25) is 0 Å². The van der Waals surface area contributed by atoms with Crippen molar-refractivity contribution in [2.24, 2.45) is 0 Å². The quantitative estimate of drug-likeness (QED) is 0.699. The molecule has 1 heterocycles. The molecule has 0 saturated heterocycles. The van der Waals surface area contributed by atoms with E-state index in [9.17, 15) is 9.90 Å². The largest absolute Gasteiger partial charge is 0.493 e. The second-order valence-electron chi connectivity index (χ2n) is 4.71. The van der Waals surface area contributed by atoms with Gasteiger partial charge in [-0.2, -0.15) is 5.26 Å². The maximum Gasteiger partial charge on any atom is 0.253 e. The molecule has 0 aromatic carbocycles. The van der Waals surface area contributed by atoms with Crippen LogP contribution in [0.1, 0.15) is 30.9 Å². The first-order chi connectivity index (χ1) is 10.1. The third kappa shape index (κ3) is 5.21. The van der Waals surface area contributed by atoms with Gasteiger partial charge in [-0.1, -0.05) is 6.92 Å². The summed E-state index contributed by atoms with van der Waals surface area (Å²) < 4.78 is 11.8. The minimum Gasteiger partial charge on any atom is -0.493 e. The lowest BCUT2D eigenvalue weighted by Gasteiger charge is -2.11. The van der Waals surface area contributed by atoms with Crippen LogP contribution in [0.3, 0.4) is 0 Å². The Kier molecular flexibility index (Phi) is 7.51. The van der Waals surface area contributed by atoms with Gasteiger partial charge in [-0.25, -0.2) is 0 Å². The molecular weight excluding hydrogens is 272 g/mol. The zero-order chi connectivity index (χ0) is 15.7. The molecule has 1 rings (SSSR count). The van der Waals surface area contributed by atoms with Crippen LogP contribution < -0.4 is 5.56 Å². The fourth-order valence-corrected chi connectivity index (χ4v) is 1.90. The molecule has 0 spiro atoms. The minimum absolute atomic E-state index is 0.142. The van der Waals surface area contributed by atoms with Gasteiger partial charge < -0.3 is 14.6 Å². The number of hydrogen-bond acceptors (Lipinski definition) is 5. The van der Waals surface area contributed by atoms with Crippen LogP contribution in [0.4, 0.5) is 0 Å². The molecule has 0 atom stereocenters. The van der Waals surface area contributed by atoms with Crippen LogP contribution in [-0.4, -0.2) is 36.1 Å². The normalized spacial score (nSPS) is 10.5. The van der Waals surface area contributed by atoms with Crippen LogP contribution in [-0.2, 0) is 16.0 Å². The van der Waals surface area contributed by atoms with E-state index in [0.717, 1.165) is 13.0 Å². The van der Waals surface area contributed by atoms with Crippen molar-refractivity contribution in [3.8, 4) is 11.9 Å². The molecule has 0 unspecified atom stereocenters. The van der Waals surface area contributed by atoms with E-state index in [2.05, 4.69) is 0 Å². The number of ether oxygens (including phenoxy) is 2. The highest BCUT2D eigenvalue weighted by molar-refractivity contribution is 5.43. The van der Waals surface area contributed by atoms with Crippen molar-refractivity contribution in [2.45, 2.75) is 33.2 Å². The number of nitrogens with zero attached hydrogens (tertiary/aromatic N) is 2. The van der Waals surface area contributed by atoms with Crippen LogP contribution in [0.25, 0.3) is 0 Å². The molecule has 1 aromatic heterocycles. The summed E-state index contributed by atoms with van der Waals surface area (Å²) in [5, 5.41) is 18.9. The number of pyridine rings is 1. The molecule has 0 aliphatic heterocycles. The Morgan fingerprint density at radius 1 is 1.29 bits per heavy atom. The third-order valence-corrected chi connectivity index (χ3v) is 2.98. The number of rotatable bonds is 9. The van der Waals surface area contributed by atoms with Crippen molar-refractivity contribution in [1.82, 2.24) is 4.57 Å². The molecule has 1 aromatic rings. The van der Waals surface area contributed by atoms with Crippen molar-refractivity contribution < 1.29 is 14.6 Å². The SMILES string of the molecule is CCCOCCOCCCn1c(O)c(C#N)c(C)cc1=O. The number of aromatic nitrogens is 1. The standard InChI is InChI=1S/C15H22N2O4/c1-3-6-20-8-9-21-7-4-5-17-14(18)10-12(2)13(11-16)15(17)19/h10,19H,3-9H2,1-2H3. The molecule has 0 aliphatic rings. The zero-order valence-electron chi connectivity index (χ0n) is 12.6. The van der Waals surface area contributed by atoms with E-state index in [1.165, 1.54) is 10.6 Å². The summed E-state index contributed by atoms with van der Waals surface area (Å²) in [5.41, 5.74) is 0.319. The Morgan fingerprint density at radius 2 is 1.95 bits per heavy atom. The minimum atomic E-state index is -0.310. The van der Waals surface area contributed by atoms with Crippen LogP contribution in [0.15, 0.2) is 10.9 Å². The summed E-state index contributed by atoms with van der Waals surface area (Å²) in [5.74, 6) is -0.270. The first-order valence-corrected chi connectivity index (χ1v) is 7.10. The Morgan fingerprint density at radius 3 is 2.57 bits per heavy atom. The summed E-state index contributed by atoms with van der Waals surface area (Å²) in [4.78, 5) is 11.8. The number of nitriles is 1. The highest BCUT2D eigenvalue weighted by atomic mass is 16.5. The zero-order valence-corrected chi connectivity index (χ0v) is 12.6. The molecule has 21 heavy (non-hydrogen) atoms. The molecule has 1 N–H and O–H groups in total. The van der Waals surface area contributed by atoms with E-state index in [-0.39, 0.29) is 17.0 Å². The van der Waals surface area contributed by atoms with Gasteiger partial charge in [-0.3, -0.25) is 9.36 Å². The Bertz CT molecular complexity index is 546. The van der Waals surface area contributed by atoms with E-state index in [1.54, 1.807) is 6.92 Å². The molecule has 0 saturated carbocycles. The molecule has 0 bridgehead atoms. The van der Waals surface area contributed by atoms with Gasteiger partial charge in [-0.05, 0) is 25.3 Å². The first-order valence-electron chi connectivity index (χ1n) is 7.10. The van der Waals surface area contributed by atoms with Crippen molar-refractivity contribution in [3.63, 3.8) is 0 Å². The van der Waals surface area contributed by atoms with E-state index in [1.807, 2.05) is 13.0 Å². The monoisotopic (exact) mass is 294 g/mol. The number of aryl methyl sites for hydroxylation is 1. The third-order valence-electron chi connectivity index (χ3n) is 2.98. The van der Waals surface area contributed by atoms with E-state index in [4.69, 9.17) is 14.7 Å². The van der Waals surface area contributed by atoms with Gasteiger partial charge in [0.1, 0.15) is 11.6 Å². The van der Waals surface area contributed by atoms with Crippen molar-refractivity contribution in [1.29, 1.82) is 5.26 Å². The van der Waals surface area contributed by atoms with E-state index in [0.29, 0.717) is 38.3 Å². The van der Waals surface area contributed by atoms with Gasteiger partial charge >= 0.3 is 0 Å². The molecule has 0 fully saturated rings. The highest BCUT2D eigenvalue weighted by Crippen LogP contribution is 2.17. The van der Waals surface area contributed by atoms with Crippen LogP contribution >= 0.6 is 0 Å². The lowest BCUT2D eigenvalue weighted by molar-refractivity contribution is 0.0459. The smallest absolute Gasteiger partial charge is 0.253 e. The fourth-order valence-electron chi connectivity index (χ4n) is 1.90. The van der Waals surface area contributed by atoms with Crippen LogP contribution in [0.5, 0.6) is 5.88 Å². The lowest BCUT2D eigenvalue weighted by atomic mass is 10.1. The first kappa shape index (κ1) is 17.2. The lowest BCUT2D eigenvalue weighted by Crippen LogP contribution is -2.21. The van der Waals surface area contributed by atoms with Gasteiger partial charge in [0.25, 0.3) is 5.56 Å². The van der Waals surface area contributed by atoms with Crippen molar-refractivity contribution >= 4 is 0 Å². The predicted molar refractivity (Wildman–Crippen MR) is 78.4 cm³/mol. The van der Waals surface area contributed by atoms with Gasteiger partial charge in [0, 0.05) is 25.8 Å². The second kappa shape index (κ2) is 9.16. The maximum absolute atomic E-state index is 11.8. The average molecular weight is 294 g/mol. The van der Waals surface area contributed by atoms with E-state index < -0.39 is 0 Å². The molecule has 6 nitrogen and oxygen atoms in total. The second-order valence-corrected chi connectivity index (χ2v) is 4.71. The summed E-state index contributed by atoms with van der Waals surface area (Å²) in [6, 6.07) is 3.26. The Balaban J connectivity index is 2.43. The molecule has 0 amide bonds. The summed E-state index contributed by atoms with van der Waals surface area (Å²) in [7, 11) is 0. The molecular formula is C15H22N2O4. The summed E-state index contributed by atoms with van der Waals surface area (Å²) in [6.07, 6.45) is 1.56. The number of hydrogen-bond donors (Lipinski definition) is 1. The summed E-state index contributed by atoms with van der Waals surface area (Å²) >= 11 is 0. The van der Waals surface area contributed by atoms with Crippen LogP contribution in [0, 0.1) is 18.3 Å². The van der Waals surface area contributed by atoms with Crippen molar-refractivity contribution in [2.75, 3.05) is 26.4 Å². The van der Waals surface area contributed by atoms with Gasteiger partial charge in [0.05, 0.1) is 13.2 Å². The molecule has 0 radical (unpaired) electrons. The highest BCUT2D eigenvalue weighted by Gasteiger charge is 2.11. The van der Waals surface area contributed by atoms with Gasteiger partial charge in [0.15, 0.2) is 0 Å². The van der Waals surface area contributed by atoms with E-state index >= 15 is 0 Å². The van der Waals surface area contributed by atoms with Gasteiger partial charge in [-0.15, -0.1) is 0 Å². The van der Waals surface area contributed by atoms with Crippen molar-refractivity contribution in [3.05, 3.63) is 27.5 Å². The molecule has 0 aliphatic carbocycles. The summed E-state index contributed by atoms with van der Waals surface area (Å²) in [6.45, 7) is 6.26. The van der Waals surface area contributed by atoms with Gasteiger partial charge in [0.2, 0.25) is 5.88 Å². The number of aromatic hydroxyl groups is 1. The Labute approximate surface area is 124 Å². The topological polar surface area (TPSA) is 84.5 Å². The molecule has 6 heteroatoms. The predicted octanol–water partition coefficient (Wildman–Crippen LogP) is 1.57. The molecule has 116 valence electrons. The average Bonchev–Trinajstić information content (AvgIpc) is 2.45. The Hall–Kier alpha value is -1.84.